The van der Waals surface area contributed by atoms with Crippen molar-refractivity contribution in [1.29, 1.82) is 0 Å². The third kappa shape index (κ3) is 9.80. The zero-order valence-electron chi connectivity index (χ0n) is 49.1. The quantitative estimate of drug-likeness (QED) is 0.102. The second-order valence-electron chi connectivity index (χ2n) is 22.3. The van der Waals surface area contributed by atoms with Crippen LogP contribution < -0.4 is 19.6 Å². The van der Waals surface area contributed by atoms with Gasteiger partial charge in [-0.15, -0.1) is 0 Å². The molecule has 0 aliphatic rings. The van der Waals surface area contributed by atoms with Gasteiger partial charge in [-0.2, -0.15) is 0 Å². The molecule has 8 heteroatoms. The van der Waals surface area contributed by atoms with Crippen LogP contribution in [0.1, 0.15) is 0 Å². The molecular formula is C82H58N8. The van der Waals surface area contributed by atoms with E-state index in [2.05, 4.69) is 375 Å². The average molecular weight is 1160 g/mol. The Labute approximate surface area is 522 Å². The normalized spacial score (nSPS) is 11.3. The van der Waals surface area contributed by atoms with Crippen molar-refractivity contribution < 1.29 is 0 Å². The number of para-hydroxylation sites is 8. The highest BCUT2D eigenvalue weighted by atomic mass is 15.2. The highest BCUT2D eigenvalue weighted by Crippen LogP contribution is 2.46. The van der Waals surface area contributed by atoms with Gasteiger partial charge in [-0.3, -0.25) is 9.13 Å². The molecule has 0 aliphatic carbocycles. The summed E-state index contributed by atoms with van der Waals surface area (Å²) in [5, 5.41) is 4.29. The molecule has 90 heavy (non-hydrogen) atoms. The standard InChI is InChI=1S/C82H58N8/c1-10-28-59(29-11-1)82-83-80(89-76-50-46-68(85(60-30-12-2-13-31-60)61-32-14-3-15-33-61)54-72(76)73-55-69(47-51-77(73)89)86(62-34-16-4-17-35-62)63-36-18-5-19-37-63)58-81(84-82)90-78-52-48-70(87(64-38-20-6-21-39-64)65-40-22-7-23-41-65)56-74(78)75-57-71(49-53-79(75)90)88(66-42-24-8-25-43-66)67-44-26-9-27-45-67/h1-58H. The molecule has 0 unspecified atom stereocenters. The van der Waals surface area contributed by atoms with E-state index in [0.717, 1.165) is 129 Å². The van der Waals surface area contributed by atoms with Gasteiger partial charge in [0.2, 0.25) is 0 Å². The lowest BCUT2D eigenvalue weighted by Crippen LogP contribution is -2.10. The first-order valence-corrected chi connectivity index (χ1v) is 30.4. The van der Waals surface area contributed by atoms with Crippen molar-refractivity contribution in [3.63, 3.8) is 0 Å². The molecule has 0 N–H and O–H groups in total. The van der Waals surface area contributed by atoms with Crippen LogP contribution in [0.2, 0.25) is 0 Å². The first-order chi connectivity index (χ1) is 44.7. The van der Waals surface area contributed by atoms with E-state index in [4.69, 9.17) is 9.97 Å². The van der Waals surface area contributed by atoms with E-state index >= 15 is 0 Å². The molecule has 0 saturated heterocycles. The second kappa shape index (κ2) is 23.2. The number of rotatable bonds is 15. The van der Waals surface area contributed by atoms with E-state index in [9.17, 15) is 0 Å². The summed E-state index contributed by atoms with van der Waals surface area (Å²) in [5.74, 6) is 2.06. The molecule has 13 aromatic carbocycles. The highest BCUT2D eigenvalue weighted by Gasteiger charge is 2.25. The Balaban J connectivity index is 0.962. The number of hydrogen-bond donors (Lipinski definition) is 0. The van der Waals surface area contributed by atoms with E-state index in [1.807, 2.05) is 6.07 Å². The molecule has 3 aromatic heterocycles. The fourth-order valence-electron chi connectivity index (χ4n) is 12.8. The number of benzene rings is 13. The Morgan fingerprint density at radius 1 is 0.189 bits per heavy atom. The summed E-state index contributed by atoms with van der Waals surface area (Å²) in [6.45, 7) is 0. The van der Waals surface area contributed by atoms with Gasteiger partial charge < -0.3 is 19.6 Å². The minimum atomic E-state index is 0.604. The number of anilines is 12. The number of nitrogens with zero attached hydrogens (tertiary/aromatic N) is 8. The van der Waals surface area contributed by atoms with Gasteiger partial charge in [0.25, 0.3) is 0 Å². The highest BCUT2D eigenvalue weighted by molar-refractivity contribution is 6.14. The largest absolute Gasteiger partial charge is 0.310 e. The van der Waals surface area contributed by atoms with Gasteiger partial charge in [0.05, 0.1) is 22.1 Å². The van der Waals surface area contributed by atoms with E-state index in [1.54, 1.807) is 0 Å². The van der Waals surface area contributed by atoms with E-state index in [1.165, 1.54) is 0 Å². The zero-order valence-corrected chi connectivity index (χ0v) is 49.1. The predicted octanol–water partition coefficient (Wildman–Crippen LogP) is 22.2. The number of fused-ring (bicyclic) bond motifs is 6. The molecule has 16 aromatic rings. The topological polar surface area (TPSA) is 48.6 Å². The first kappa shape index (κ1) is 53.2. The number of hydrogen-bond acceptors (Lipinski definition) is 6. The molecule has 0 saturated carbocycles. The summed E-state index contributed by atoms with van der Waals surface area (Å²) in [6.07, 6.45) is 0. The van der Waals surface area contributed by atoms with Gasteiger partial charge in [0.1, 0.15) is 11.6 Å². The zero-order chi connectivity index (χ0) is 59.7. The fourth-order valence-corrected chi connectivity index (χ4v) is 12.8. The van der Waals surface area contributed by atoms with Crippen molar-refractivity contribution in [2.45, 2.75) is 0 Å². The maximum atomic E-state index is 5.64. The fraction of sp³-hybridized carbons (Fsp3) is 0. The molecule has 0 bridgehead atoms. The van der Waals surface area contributed by atoms with Crippen molar-refractivity contribution in [3.8, 4) is 23.0 Å². The van der Waals surface area contributed by atoms with Crippen LogP contribution >= 0.6 is 0 Å². The predicted molar refractivity (Wildman–Crippen MR) is 375 cm³/mol. The lowest BCUT2D eigenvalue weighted by molar-refractivity contribution is 0.994. The summed E-state index contributed by atoms with van der Waals surface area (Å²) in [4.78, 5) is 20.6. The average Bonchev–Trinajstić information content (AvgIpc) is 1.60. The molecule has 0 amide bonds. The van der Waals surface area contributed by atoms with E-state index in [0.29, 0.717) is 5.82 Å². The third-order valence-electron chi connectivity index (χ3n) is 16.8. The molecule has 3 heterocycles. The van der Waals surface area contributed by atoms with Crippen LogP contribution in [0.15, 0.2) is 352 Å². The van der Waals surface area contributed by atoms with E-state index in [-0.39, 0.29) is 0 Å². The summed E-state index contributed by atoms with van der Waals surface area (Å²) in [7, 11) is 0. The third-order valence-corrected chi connectivity index (χ3v) is 16.8. The van der Waals surface area contributed by atoms with Crippen LogP contribution in [0.4, 0.5) is 68.2 Å². The van der Waals surface area contributed by atoms with Crippen LogP contribution in [0.3, 0.4) is 0 Å². The Morgan fingerprint density at radius 2 is 0.389 bits per heavy atom. The smallest absolute Gasteiger partial charge is 0.163 e. The second-order valence-corrected chi connectivity index (χ2v) is 22.3. The van der Waals surface area contributed by atoms with E-state index < -0.39 is 0 Å². The van der Waals surface area contributed by atoms with Crippen LogP contribution in [-0.4, -0.2) is 19.1 Å². The molecule has 0 radical (unpaired) electrons. The molecule has 8 nitrogen and oxygen atoms in total. The monoisotopic (exact) mass is 1150 g/mol. The lowest BCUT2D eigenvalue weighted by Gasteiger charge is -2.26. The minimum Gasteiger partial charge on any atom is -0.310 e. The van der Waals surface area contributed by atoms with Gasteiger partial charge in [-0.25, -0.2) is 9.97 Å². The summed E-state index contributed by atoms with van der Waals surface area (Å²) < 4.78 is 4.67. The maximum absolute atomic E-state index is 5.64. The summed E-state index contributed by atoms with van der Waals surface area (Å²) in [6, 6.07) is 125. The van der Waals surface area contributed by atoms with Crippen molar-refractivity contribution in [2.75, 3.05) is 19.6 Å². The van der Waals surface area contributed by atoms with Gasteiger partial charge in [0.15, 0.2) is 5.82 Å². The Hall–Kier alpha value is -12.3. The Kier molecular flexibility index (Phi) is 13.7. The van der Waals surface area contributed by atoms with Crippen LogP contribution in [0, 0.1) is 0 Å². The molecule has 16 rings (SSSR count). The lowest BCUT2D eigenvalue weighted by atomic mass is 10.1. The number of aromatic nitrogens is 4. The van der Waals surface area contributed by atoms with Gasteiger partial charge >= 0.3 is 0 Å². The molecule has 0 atom stereocenters. The first-order valence-electron chi connectivity index (χ1n) is 30.4. The molecular weight excluding hydrogens is 1100 g/mol. The molecule has 0 fully saturated rings. The van der Waals surface area contributed by atoms with Gasteiger partial charge in [0, 0.05) is 101 Å². The van der Waals surface area contributed by atoms with Crippen molar-refractivity contribution in [3.05, 3.63) is 352 Å². The Bertz CT molecular complexity index is 4420. The molecule has 426 valence electrons. The van der Waals surface area contributed by atoms with Gasteiger partial charge in [-0.05, 0) is 170 Å². The SMILES string of the molecule is c1ccc(-c2nc(-n3c4ccc(N(c5ccccc5)c5ccccc5)cc4c4cc(N(c5ccccc5)c5ccccc5)ccc43)cc(-n3c4ccc(N(c5ccccc5)c5ccccc5)cc4c4cc(N(c5ccccc5)c5ccccc5)ccc43)n2)cc1. The summed E-state index contributed by atoms with van der Waals surface area (Å²) in [5.41, 5.74) is 17.5. The Morgan fingerprint density at radius 3 is 0.600 bits per heavy atom. The van der Waals surface area contributed by atoms with Crippen LogP contribution in [0.25, 0.3) is 66.6 Å². The molecule has 0 spiro atoms. The van der Waals surface area contributed by atoms with Gasteiger partial charge in [-0.1, -0.05) is 176 Å². The van der Waals surface area contributed by atoms with Crippen LogP contribution in [0.5, 0.6) is 0 Å². The maximum Gasteiger partial charge on any atom is 0.163 e. The summed E-state index contributed by atoms with van der Waals surface area (Å²) >= 11 is 0. The van der Waals surface area contributed by atoms with Crippen molar-refractivity contribution in [1.82, 2.24) is 19.1 Å². The van der Waals surface area contributed by atoms with Crippen molar-refractivity contribution >= 4 is 112 Å². The van der Waals surface area contributed by atoms with Crippen LogP contribution in [-0.2, 0) is 0 Å². The van der Waals surface area contributed by atoms with Crippen molar-refractivity contribution in [2.24, 2.45) is 0 Å². The molecule has 0 aliphatic heterocycles. The minimum absolute atomic E-state index is 0.604.